The molecule has 0 bridgehead atoms. The van der Waals surface area contributed by atoms with Gasteiger partial charge < -0.3 is 5.32 Å². The lowest BCUT2D eigenvalue weighted by Crippen LogP contribution is -2.15. The first-order valence-corrected chi connectivity index (χ1v) is 11.9. The normalized spacial score (nSPS) is 18.3. The molecule has 35 heavy (non-hydrogen) atoms. The van der Waals surface area contributed by atoms with Crippen molar-refractivity contribution in [3.8, 4) is 0 Å². The van der Waals surface area contributed by atoms with Gasteiger partial charge in [-0.05, 0) is 47.5 Å². The smallest absolute Gasteiger partial charge is 0.257 e. The molecule has 3 nitrogen and oxygen atoms in total. The van der Waals surface area contributed by atoms with Crippen molar-refractivity contribution in [3.05, 3.63) is 97.7 Å². The molecule has 0 aromatic heterocycles. The molecule has 182 valence electrons. The van der Waals surface area contributed by atoms with Crippen molar-refractivity contribution >= 4 is 75.4 Å². The summed E-state index contributed by atoms with van der Waals surface area (Å²) in [5.74, 6) is -5.19. The molecule has 0 aliphatic heterocycles. The first-order chi connectivity index (χ1) is 16.4. The third-order valence-electron chi connectivity index (χ3n) is 5.60. The van der Waals surface area contributed by atoms with E-state index in [1.54, 1.807) is 0 Å². The molecule has 1 saturated carbocycles. The van der Waals surface area contributed by atoms with E-state index in [-0.39, 0.29) is 38.5 Å². The average molecular weight is 582 g/mol. The van der Waals surface area contributed by atoms with Gasteiger partial charge in [0, 0.05) is 18.4 Å². The first-order valence-electron chi connectivity index (χ1n) is 10.00. The molecular weight excluding hydrogens is 569 g/mol. The second kappa shape index (κ2) is 9.83. The lowest BCUT2D eigenvalue weighted by atomic mass is 10.0. The van der Waals surface area contributed by atoms with Gasteiger partial charge >= 0.3 is 0 Å². The molecule has 0 heterocycles. The summed E-state index contributed by atoms with van der Waals surface area (Å²) in [6.07, 6.45) is -0.158. The zero-order chi connectivity index (χ0) is 25.7. The summed E-state index contributed by atoms with van der Waals surface area (Å²) in [6.45, 7) is 0. The molecule has 1 fully saturated rings. The number of anilines is 1. The molecule has 11 heteroatoms. The van der Waals surface area contributed by atoms with Gasteiger partial charge in [-0.2, -0.15) is 0 Å². The van der Waals surface area contributed by atoms with Gasteiger partial charge in [-0.25, -0.2) is 13.2 Å². The molecule has 3 aromatic carbocycles. The van der Waals surface area contributed by atoms with E-state index in [1.165, 1.54) is 24.3 Å². The highest BCUT2D eigenvalue weighted by Gasteiger charge is 2.67. The molecule has 0 radical (unpaired) electrons. The fraction of sp³-hybridized carbons (Fsp3) is 0.167. The van der Waals surface area contributed by atoms with Gasteiger partial charge in [0.1, 0.15) is 27.6 Å². The number of hydrogen-bond donors (Lipinski definition) is 1. The van der Waals surface area contributed by atoms with Crippen molar-refractivity contribution in [2.45, 2.75) is 16.7 Å². The molecule has 4 rings (SSSR count). The monoisotopic (exact) mass is 579 g/mol. The topological polar surface area (TPSA) is 46.2 Å². The lowest BCUT2D eigenvalue weighted by molar-refractivity contribution is -0.119. The van der Waals surface area contributed by atoms with E-state index in [0.29, 0.717) is 17.2 Å². The summed E-state index contributed by atoms with van der Waals surface area (Å²) >= 11 is 30.5. The van der Waals surface area contributed by atoms with Crippen LogP contribution in [0.15, 0.2) is 48.5 Å². The number of rotatable bonds is 6. The van der Waals surface area contributed by atoms with Crippen LogP contribution in [0.1, 0.15) is 27.4 Å². The molecule has 1 amide bonds. The van der Waals surface area contributed by atoms with Gasteiger partial charge in [-0.3, -0.25) is 9.59 Å². The molecule has 0 saturated heterocycles. The zero-order valence-electron chi connectivity index (χ0n) is 17.3. The van der Waals surface area contributed by atoms with Gasteiger partial charge in [0.25, 0.3) is 5.91 Å². The van der Waals surface area contributed by atoms with Crippen molar-refractivity contribution in [2.75, 3.05) is 5.32 Å². The predicted octanol–water partition coefficient (Wildman–Crippen LogP) is 8.02. The SMILES string of the molecule is O=C(Nc1ccc(F)cc1F)c1cc(CC(=O)C2C(c3cc(F)c(Cl)c(Cl)c3)C2(Cl)Cl)ccc1Cl. The quantitative estimate of drug-likeness (QED) is 0.237. The number of Topliss-reactive ketones (excluding diaryl/α,β-unsaturated/α-hetero) is 1. The maximum Gasteiger partial charge on any atom is 0.257 e. The van der Waals surface area contributed by atoms with Crippen molar-refractivity contribution in [3.63, 3.8) is 0 Å². The van der Waals surface area contributed by atoms with Gasteiger partial charge in [-0.1, -0.05) is 40.9 Å². The third-order valence-corrected chi connectivity index (χ3v) is 7.65. The summed E-state index contributed by atoms with van der Waals surface area (Å²) < 4.78 is 39.6. The van der Waals surface area contributed by atoms with E-state index in [1.807, 2.05) is 0 Å². The largest absolute Gasteiger partial charge is 0.319 e. The van der Waals surface area contributed by atoms with E-state index in [0.717, 1.165) is 18.2 Å². The Kier molecular flexibility index (Phi) is 7.33. The molecule has 1 aliphatic carbocycles. The Labute approximate surface area is 223 Å². The second-order valence-electron chi connectivity index (χ2n) is 7.96. The third kappa shape index (κ3) is 5.27. The number of alkyl halides is 2. The van der Waals surface area contributed by atoms with Crippen LogP contribution in [-0.2, 0) is 11.2 Å². The highest BCUT2D eigenvalue weighted by molar-refractivity contribution is 6.53. The Hall–Kier alpha value is -1.96. The lowest BCUT2D eigenvalue weighted by Gasteiger charge is -2.10. The number of hydrogen-bond acceptors (Lipinski definition) is 2. The second-order valence-corrected chi connectivity index (χ2v) is 10.6. The Morgan fingerprint density at radius 3 is 2.26 bits per heavy atom. The van der Waals surface area contributed by atoms with Gasteiger partial charge in [0.2, 0.25) is 0 Å². The summed E-state index contributed by atoms with van der Waals surface area (Å²) in [4.78, 5) is 25.7. The van der Waals surface area contributed by atoms with Crippen LogP contribution < -0.4 is 5.32 Å². The van der Waals surface area contributed by atoms with Crippen molar-refractivity contribution in [1.82, 2.24) is 0 Å². The van der Waals surface area contributed by atoms with E-state index in [4.69, 9.17) is 58.0 Å². The maximum absolute atomic E-state index is 14.0. The highest BCUT2D eigenvalue weighted by Crippen LogP contribution is 2.65. The molecule has 2 atom stereocenters. The van der Waals surface area contributed by atoms with Gasteiger partial charge in [0.05, 0.1) is 32.2 Å². The van der Waals surface area contributed by atoms with Crippen LogP contribution in [0, 0.1) is 23.4 Å². The predicted molar refractivity (Wildman–Crippen MR) is 132 cm³/mol. The number of ketones is 1. The Bertz CT molecular complexity index is 1340. The van der Waals surface area contributed by atoms with Crippen LogP contribution in [-0.4, -0.2) is 16.0 Å². The number of carbonyl (C=O) groups excluding carboxylic acids is 2. The fourth-order valence-corrected chi connectivity index (χ4v) is 5.25. The Morgan fingerprint density at radius 2 is 1.60 bits per heavy atom. The molecule has 0 spiro atoms. The minimum atomic E-state index is -1.48. The van der Waals surface area contributed by atoms with Crippen LogP contribution in [0.25, 0.3) is 0 Å². The number of nitrogens with one attached hydrogen (secondary N) is 1. The standard InChI is InChI=1S/C24H13Cl5F3NO2/c25-14-3-1-10(5-13(14)23(35)33-18-4-2-12(30)9-16(18)31)6-19(34)21-20(24(21,28)29)11-7-15(26)22(27)17(32)8-11/h1-5,7-9,20-21H,6H2,(H,33,35). The van der Waals surface area contributed by atoms with E-state index in [2.05, 4.69) is 5.32 Å². The van der Waals surface area contributed by atoms with Crippen molar-refractivity contribution in [1.29, 1.82) is 0 Å². The Morgan fingerprint density at radius 1 is 0.886 bits per heavy atom. The Balaban J connectivity index is 1.52. The van der Waals surface area contributed by atoms with Crippen LogP contribution in [0.4, 0.5) is 18.9 Å². The van der Waals surface area contributed by atoms with Gasteiger partial charge in [-0.15, -0.1) is 23.2 Å². The average Bonchev–Trinajstić information content (AvgIpc) is 3.37. The molecule has 1 aliphatic rings. The number of benzene rings is 3. The van der Waals surface area contributed by atoms with Crippen LogP contribution in [0.3, 0.4) is 0 Å². The van der Waals surface area contributed by atoms with Crippen molar-refractivity contribution < 1.29 is 22.8 Å². The van der Waals surface area contributed by atoms with E-state index < -0.39 is 39.5 Å². The molecular formula is C24H13Cl5F3NO2. The number of amides is 1. The highest BCUT2D eigenvalue weighted by atomic mass is 35.5. The van der Waals surface area contributed by atoms with E-state index >= 15 is 0 Å². The maximum atomic E-state index is 14.0. The molecule has 1 N–H and O–H groups in total. The summed E-state index contributed by atoms with van der Waals surface area (Å²) in [5.41, 5.74) is 0.484. The molecule has 2 unspecified atom stereocenters. The number of carbonyl (C=O) groups is 2. The zero-order valence-corrected chi connectivity index (χ0v) is 21.1. The van der Waals surface area contributed by atoms with Gasteiger partial charge in [0.15, 0.2) is 0 Å². The minimum absolute atomic E-state index is 0.0254. The summed E-state index contributed by atoms with van der Waals surface area (Å²) in [6, 6.07) is 9.55. The van der Waals surface area contributed by atoms with Crippen LogP contribution in [0.5, 0.6) is 0 Å². The number of halogens is 8. The van der Waals surface area contributed by atoms with E-state index in [9.17, 15) is 22.8 Å². The first kappa shape index (κ1) is 26.1. The summed E-state index contributed by atoms with van der Waals surface area (Å²) in [7, 11) is 0. The van der Waals surface area contributed by atoms with Crippen LogP contribution >= 0.6 is 58.0 Å². The summed E-state index contributed by atoms with van der Waals surface area (Å²) in [5, 5.41) is 2.09. The van der Waals surface area contributed by atoms with Crippen molar-refractivity contribution in [2.24, 2.45) is 5.92 Å². The fourth-order valence-electron chi connectivity index (χ4n) is 3.84. The van der Waals surface area contributed by atoms with Crippen LogP contribution in [0.2, 0.25) is 15.1 Å². The minimum Gasteiger partial charge on any atom is -0.319 e. The molecule has 3 aromatic rings.